The van der Waals surface area contributed by atoms with Crippen molar-refractivity contribution in [1.82, 2.24) is 15.3 Å². The highest BCUT2D eigenvalue weighted by Gasteiger charge is 2.25. The molecule has 2 rings (SSSR count). The average molecular weight is 298 g/mol. The van der Waals surface area contributed by atoms with Gasteiger partial charge in [0.15, 0.2) is 0 Å². The van der Waals surface area contributed by atoms with Crippen LogP contribution in [-0.4, -0.2) is 48.4 Å². The largest absolute Gasteiger partial charge is 0.369 e. The van der Waals surface area contributed by atoms with Crippen LogP contribution < -0.4 is 10.6 Å². The van der Waals surface area contributed by atoms with E-state index in [0.717, 1.165) is 0 Å². The number of amides is 1. The average Bonchev–Trinajstić information content (AvgIpc) is 2.42. The van der Waals surface area contributed by atoms with Crippen molar-refractivity contribution < 1.29 is 13.2 Å². The number of hydrogen-bond acceptors (Lipinski definition) is 6. The maximum atomic E-state index is 12.0. The van der Waals surface area contributed by atoms with E-state index in [-0.39, 0.29) is 29.1 Å². The van der Waals surface area contributed by atoms with E-state index in [1.807, 2.05) is 6.92 Å². The van der Waals surface area contributed by atoms with Crippen LogP contribution in [0.1, 0.15) is 30.3 Å². The summed E-state index contributed by atoms with van der Waals surface area (Å²) in [4.78, 5) is 20.2. The maximum absolute atomic E-state index is 12.0. The van der Waals surface area contributed by atoms with Crippen molar-refractivity contribution in [3.63, 3.8) is 0 Å². The van der Waals surface area contributed by atoms with Crippen LogP contribution in [0.5, 0.6) is 0 Å². The molecule has 20 heavy (non-hydrogen) atoms. The number of aromatic nitrogens is 2. The van der Waals surface area contributed by atoms with Crippen molar-refractivity contribution in [2.75, 3.05) is 23.4 Å². The second-order valence-corrected chi connectivity index (χ2v) is 7.02. The number of carbonyl (C=O) groups excluding carboxylic acids is 1. The van der Waals surface area contributed by atoms with Gasteiger partial charge >= 0.3 is 0 Å². The predicted molar refractivity (Wildman–Crippen MR) is 75.3 cm³/mol. The highest BCUT2D eigenvalue weighted by Crippen LogP contribution is 2.12. The van der Waals surface area contributed by atoms with Crippen molar-refractivity contribution in [3.05, 3.63) is 18.1 Å². The molecule has 8 heteroatoms. The van der Waals surface area contributed by atoms with E-state index in [1.165, 1.54) is 6.20 Å². The van der Waals surface area contributed by atoms with Gasteiger partial charge in [0.1, 0.15) is 21.3 Å². The Bertz CT molecular complexity index is 574. The minimum atomic E-state index is -2.92. The van der Waals surface area contributed by atoms with Crippen LogP contribution in [0.4, 0.5) is 5.82 Å². The molecule has 0 aromatic carbocycles. The zero-order chi connectivity index (χ0) is 14.6. The zero-order valence-corrected chi connectivity index (χ0v) is 12.1. The molecule has 7 nitrogen and oxygen atoms in total. The lowest BCUT2D eigenvalue weighted by atomic mass is 10.1. The lowest BCUT2D eigenvalue weighted by Crippen LogP contribution is -2.41. The summed E-state index contributed by atoms with van der Waals surface area (Å²) in [7, 11) is -2.92. The molecule has 1 saturated heterocycles. The Hall–Kier alpha value is -1.70. The molecule has 1 aliphatic rings. The van der Waals surface area contributed by atoms with Gasteiger partial charge in [-0.15, -0.1) is 0 Å². The van der Waals surface area contributed by atoms with Crippen molar-refractivity contribution >= 4 is 21.6 Å². The molecule has 1 fully saturated rings. The van der Waals surface area contributed by atoms with E-state index in [0.29, 0.717) is 25.2 Å². The van der Waals surface area contributed by atoms with E-state index in [2.05, 4.69) is 20.6 Å². The molecule has 0 unspecified atom stereocenters. The van der Waals surface area contributed by atoms with Crippen molar-refractivity contribution in [3.8, 4) is 0 Å². The highest BCUT2D eigenvalue weighted by atomic mass is 32.2. The van der Waals surface area contributed by atoms with Crippen LogP contribution >= 0.6 is 0 Å². The van der Waals surface area contributed by atoms with Crippen molar-refractivity contribution in [2.45, 2.75) is 25.8 Å². The van der Waals surface area contributed by atoms with E-state index in [4.69, 9.17) is 0 Å². The Labute approximate surface area is 118 Å². The fraction of sp³-hybridized carbons (Fsp3) is 0.583. The molecule has 1 aliphatic heterocycles. The minimum absolute atomic E-state index is 0.115. The second kappa shape index (κ2) is 6.17. The quantitative estimate of drug-likeness (QED) is 0.824. The summed E-state index contributed by atoms with van der Waals surface area (Å²) in [5.74, 6) is 0.482. The third kappa shape index (κ3) is 3.89. The molecule has 0 atom stereocenters. The number of sulfone groups is 1. The number of carbonyl (C=O) groups is 1. The van der Waals surface area contributed by atoms with Crippen LogP contribution in [0, 0.1) is 0 Å². The topological polar surface area (TPSA) is 101 Å². The van der Waals surface area contributed by atoms with Crippen LogP contribution in [0.3, 0.4) is 0 Å². The van der Waals surface area contributed by atoms with Gasteiger partial charge < -0.3 is 10.6 Å². The number of nitrogens with one attached hydrogen (secondary N) is 2. The fourth-order valence-corrected chi connectivity index (χ4v) is 3.53. The van der Waals surface area contributed by atoms with Gasteiger partial charge in [-0.25, -0.2) is 13.4 Å². The molecule has 2 heterocycles. The molecule has 110 valence electrons. The Balaban J connectivity index is 1.96. The monoisotopic (exact) mass is 298 g/mol. The summed E-state index contributed by atoms with van der Waals surface area (Å²) in [5, 5.41) is 5.79. The molecule has 0 radical (unpaired) electrons. The van der Waals surface area contributed by atoms with Gasteiger partial charge in [0.2, 0.25) is 0 Å². The van der Waals surface area contributed by atoms with Gasteiger partial charge in [0.05, 0.1) is 23.9 Å². The zero-order valence-electron chi connectivity index (χ0n) is 11.3. The van der Waals surface area contributed by atoms with E-state index < -0.39 is 9.84 Å². The SMILES string of the molecule is CCNc1cncc(C(=O)NC2CCS(=O)(=O)CC2)n1. The van der Waals surface area contributed by atoms with Crippen LogP contribution in [0.25, 0.3) is 0 Å². The molecule has 1 aromatic rings. The summed E-state index contributed by atoms with van der Waals surface area (Å²) in [6.07, 6.45) is 3.85. The third-order valence-corrected chi connectivity index (χ3v) is 4.83. The number of nitrogens with zero attached hydrogens (tertiary/aromatic N) is 2. The molecular formula is C12H18N4O3S. The fourth-order valence-electron chi connectivity index (χ4n) is 2.04. The summed E-state index contributed by atoms with van der Waals surface area (Å²) < 4.78 is 22.7. The Morgan fingerprint density at radius 3 is 2.70 bits per heavy atom. The highest BCUT2D eigenvalue weighted by molar-refractivity contribution is 7.91. The van der Waals surface area contributed by atoms with Gasteiger partial charge in [-0.05, 0) is 19.8 Å². The third-order valence-electron chi connectivity index (χ3n) is 3.11. The van der Waals surface area contributed by atoms with E-state index >= 15 is 0 Å². The summed E-state index contributed by atoms with van der Waals surface area (Å²) in [6, 6.07) is -0.115. The summed E-state index contributed by atoms with van der Waals surface area (Å²) in [5.41, 5.74) is 0.233. The standard InChI is InChI=1S/C12H18N4O3S/c1-2-14-11-8-13-7-10(16-11)12(17)15-9-3-5-20(18,19)6-4-9/h7-9H,2-6H2,1H3,(H,14,16)(H,15,17). The number of hydrogen-bond donors (Lipinski definition) is 2. The minimum Gasteiger partial charge on any atom is -0.369 e. The molecule has 1 aromatic heterocycles. The lowest BCUT2D eigenvalue weighted by molar-refractivity contribution is 0.0929. The van der Waals surface area contributed by atoms with Gasteiger partial charge in [-0.3, -0.25) is 9.78 Å². The first-order valence-electron chi connectivity index (χ1n) is 6.57. The number of anilines is 1. The maximum Gasteiger partial charge on any atom is 0.271 e. The molecule has 1 amide bonds. The molecule has 0 spiro atoms. The smallest absolute Gasteiger partial charge is 0.271 e. The van der Waals surface area contributed by atoms with Gasteiger partial charge in [-0.1, -0.05) is 0 Å². The molecule has 2 N–H and O–H groups in total. The van der Waals surface area contributed by atoms with Gasteiger partial charge in [-0.2, -0.15) is 0 Å². The van der Waals surface area contributed by atoms with Crippen molar-refractivity contribution in [2.24, 2.45) is 0 Å². The normalized spacial score (nSPS) is 18.4. The first-order chi connectivity index (χ1) is 9.50. The number of rotatable bonds is 4. The van der Waals surface area contributed by atoms with Crippen LogP contribution in [0.15, 0.2) is 12.4 Å². The Kier molecular flexibility index (Phi) is 4.53. The molecule has 0 saturated carbocycles. The van der Waals surface area contributed by atoms with E-state index in [1.54, 1.807) is 6.20 Å². The Morgan fingerprint density at radius 1 is 1.35 bits per heavy atom. The van der Waals surface area contributed by atoms with Crippen molar-refractivity contribution in [1.29, 1.82) is 0 Å². The predicted octanol–water partition coefficient (Wildman–Crippen LogP) is 0.215. The first-order valence-corrected chi connectivity index (χ1v) is 8.39. The molecule has 0 aliphatic carbocycles. The molecular weight excluding hydrogens is 280 g/mol. The van der Waals surface area contributed by atoms with Crippen LogP contribution in [0.2, 0.25) is 0 Å². The summed E-state index contributed by atoms with van der Waals surface area (Å²) in [6.45, 7) is 2.62. The second-order valence-electron chi connectivity index (χ2n) is 4.72. The van der Waals surface area contributed by atoms with Crippen LogP contribution in [-0.2, 0) is 9.84 Å². The summed E-state index contributed by atoms with van der Waals surface area (Å²) >= 11 is 0. The lowest BCUT2D eigenvalue weighted by Gasteiger charge is -2.22. The molecule has 0 bridgehead atoms. The van der Waals surface area contributed by atoms with E-state index in [9.17, 15) is 13.2 Å². The Morgan fingerprint density at radius 2 is 2.05 bits per heavy atom. The van der Waals surface area contributed by atoms with Gasteiger partial charge in [0, 0.05) is 12.6 Å². The van der Waals surface area contributed by atoms with Gasteiger partial charge in [0.25, 0.3) is 5.91 Å². The first kappa shape index (κ1) is 14.7.